The smallest absolute Gasteiger partial charge is 0.0643 e. The molecule has 1 aliphatic rings. The van der Waals surface area contributed by atoms with Crippen LogP contribution in [-0.4, -0.2) is 16.8 Å². The number of halogens is 1. The highest BCUT2D eigenvalue weighted by Gasteiger charge is 2.18. The van der Waals surface area contributed by atoms with Crippen molar-refractivity contribution >= 4 is 15.9 Å². The molecule has 1 saturated carbocycles. The Morgan fingerprint density at radius 3 is 2.62 bits per heavy atom. The highest BCUT2D eigenvalue weighted by molar-refractivity contribution is 9.10. The zero-order valence-electron chi connectivity index (χ0n) is 12.4. The quantitative estimate of drug-likeness (QED) is 0.875. The summed E-state index contributed by atoms with van der Waals surface area (Å²) >= 11 is 3.49. The van der Waals surface area contributed by atoms with Gasteiger partial charge in [0.1, 0.15) is 0 Å². The van der Waals surface area contributed by atoms with Gasteiger partial charge in [-0.3, -0.25) is 4.68 Å². The number of rotatable bonds is 5. The largest absolute Gasteiger partial charge is 0.313 e. The maximum atomic E-state index is 4.79. The summed E-state index contributed by atoms with van der Waals surface area (Å²) in [4.78, 5) is 0. The molecule has 112 valence electrons. The number of hydrogen-bond acceptors (Lipinski definition) is 2. The van der Waals surface area contributed by atoms with Crippen LogP contribution in [0.4, 0.5) is 0 Å². The maximum absolute atomic E-state index is 4.79. The Morgan fingerprint density at radius 1 is 1.24 bits per heavy atom. The summed E-state index contributed by atoms with van der Waals surface area (Å²) in [7, 11) is 2.01. The van der Waals surface area contributed by atoms with Crippen molar-refractivity contribution in [2.24, 2.45) is 0 Å². The van der Waals surface area contributed by atoms with Crippen LogP contribution in [0, 0.1) is 0 Å². The Hall–Kier alpha value is -1.13. The van der Waals surface area contributed by atoms with Gasteiger partial charge in [0.25, 0.3) is 0 Å². The fraction of sp³-hybridized carbons (Fsp3) is 0.471. The third kappa shape index (κ3) is 3.55. The minimum atomic E-state index is 0.310. The lowest BCUT2D eigenvalue weighted by atomic mass is 10.0. The lowest BCUT2D eigenvalue weighted by Gasteiger charge is -2.16. The molecule has 21 heavy (non-hydrogen) atoms. The van der Waals surface area contributed by atoms with Gasteiger partial charge in [0.2, 0.25) is 0 Å². The van der Waals surface area contributed by atoms with Gasteiger partial charge in [-0.15, -0.1) is 0 Å². The standard InChI is InChI=1S/C17H22BrN3/c1-19-17(13-6-8-14(18)9-7-13)12-15-10-11-21(20-15)16-4-2-3-5-16/h6-11,16-17,19H,2-5,12H2,1H3. The maximum Gasteiger partial charge on any atom is 0.0643 e. The molecule has 1 N–H and O–H groups in total. The average molecular weight is 348 g/mol. The summed E-state index contributed by atoms with van der Waals surface area (Å²) in [5.74, 6) is 0. The van der Waals surface area contributed by atoms with Crippen molar-refractivity contribution in [3.63, 3.8) is 0 Å². The molecule has 4 heteroatoms. The molecule has 1 atom stereocenters. The second kappa shape index (κ2) is 6.75. The Labute approximate surface area is 134 Å². The Kier molecular flexibility index (Phi) is 4.76. The molecule has 0 spiro atoms. The van der Waals surface area contributed by atoms with E-state index in [1.165, 1.54) is 36.9 Å². The molecule has 0 amide bonds. The molecule has 1 heterocycles. The van der Waals surface area contributed by atoms with E-state index in [0.29, 0.717) is 12.1 Å². The van der Waals surface area contributed by atoms with Crippen LogP contribution in [0.3, 0.4) is 0 Å². The molecule has 0 aliphatic heterocycles. The minimum Gasteiger partial charge on any atom is -0.313 e. The fourth-order valence-electron chi connectivity index (χ4n) is 3.15. The second-order valence-corrected chi connectivity index (χ2v) is 6.74. The first kappa shape index (κ1) is 14.8. The van der Waals surface area contributed by atoms with Crippen LogP contribution in [0.2, 0.25) is 0 Å². The summed E-state index contributed by atoms with van der Waals surface area (Å²) in [6, 6.07) is 11.6. The van der Waals surface area contributed by atoms with E-state index in [2.05, 4.69) is 62.5 Å². The summed E-state index contributed by atoms with van der Waals surface area (Å²) in [5, 5.41) is 8.19. The van der Waals surface area contributed by atoms with Gasteiger partial charge in [0.15, 0.2) is 0 Å². The Morgan fingerprint density at radius 2 is 1.95 bits per heavy atom. The molecule has 3 nitrogen and oxygen atoms in total. The van der Waals surface area contributed by atoms with Crippen molar-refractivity contribution in [1.29, 1.82) is 0 Å². The van der Waals surface area contributed by atoms with Gasteiger partial charge < -0.3 is 5.32 Å². The van der Waals surface area contributed by atoms with E-state index in [1.807, 2.05) is 7.05 Å². The minimum absolute atomic E-state index is 0.310. The molecule has 0 radical (unpaired) electrons. The van der Waals surface area contributed by atoms with Crippen LogP contribution in [0.1, 0.15) is 49.0 Å². The van der Waals surface area contributed by atoms with Crippen LogP contribution in [0.5, 0.6) is 0 Å². The predicted molar refractivity (Wildman–Crippen MR) is 89.4 cm³/mol. The zero-order chi connectivity index (χ0) is 14.7. The van der Waals surface area contributed by atoms with E-state index in [9.17, 15) is 0 Å². The molecular formula is C17H22BrN3. The average Bonchev–Trinajstić information content (AvgIpc) is 3.17. The molecule has 1 fully saturated rings. The van der Waals surface area contributed by atoms with E-state index < -0.39 is 0 Å². The number of nitrogens with one attached hydrogen (secondary N) is 1. The molecule has 0 saturated heterocycles. The van der Waals surface area contributed by atoms with E-state index in [1.54, 1.807) is 0 Å². The molecule has 3 rings (SSSR count). The van der Waals surface area contributed by atoms with Crippen LogP contribution < -0.4 is 5.32 Å². The van der Waals surface area contributed by atoms with Gasteiger partial charge in [0.05, 0.1) is 11.7 Å². The van der Waals surface area contributed by atoms with E-state index in [4.69, 9.17) is 5.10 Å². The Bertz CT molecular complexity index is 570. The number of benzene rings is 1. The highest BCUT2D eigenvalue weighted by atomic mass is 79.9. The molecule has 1 aliphatic carbocycles. The summed E-state index contributed by atoms with van der Waals surface area (Å²) in [6.45, 7) is 0. The van der Waals surface area contributed by atoms with Gasteiger partial charge >= 0.3 is 0 Å². The van der Waals surface area contributed by atoms with Crippen LogP contribution in [-0.2, 0) is 6.42 Å². The monoisotopic (exact) mass is 347 g/mol. The first-order valence-electron chi connectivity index (χ1n) is 7.73. The van der Waals surface area contributed by atoms with Crippen LogP contribution >= 0.6 is 15.9 Å². The van der Waals surface area contributed by atoms with Crippen molar-refractivity contribution in [3.05, 3.63) is 52.3 Å². The summed E-state index contributed by atoms with van der Waals surface area (Å²) in [6.07, 6.45) is 8.33. The topological polar surface area (TPSA) is 29.9 Å². The van der Waals surface area contributed by atoms with Crippen LogP contribution in [0.15, 0.2) is 41.0 Å². The van der Waals surface area contributed by atoms with Gasteiger partial charge in [-0.1, -0.05) is 40.9 Å². The lowest BCUT2D eigenvalue weighted by molar-refractivity contribution is 0.459. The van der Waals surface area contributed by atoms with E-state index in [-0.39, 0.29) is 0 Å². The third-order valence-corrected chi connectivity index (χ3v) is 4.93. The van der Waals surface area contributed by atoms with Gasteiger partial charge in [-0.25, -0.2) is 0 Å². The lowest BCUT2D eigenvalue weighted by Crippen LogP contribution is -2.19. The second-order valence-electron chi connectivity index (χ2n) is 5.82. The highest BCUT2D eigenvalue weighted by Crippen LogP contribution is 2.29. The molecular weight excluding hydrogens is 326 g/mol. The van der Waals surface area contributed by atoms with E-state index >= 15 is 0 Å². The van der Waals surface area contributed by atoms with Crippen molar-refractivity contribution in [3.8, 4) is 0 Å². The SMILES string of the molecule is CNC(Cc1ccn(C2CCCC2)n1)c1ccc(Br)cc1. The first-order valence-corrected chi connectivity index (χ1v) is 8.52. The molecule has 0 bridgehead atoms. The zero-order valence-corrected chi connectivity index (χ0v) is 14.0. The molecule has 2 aromatic rings. The van der Waals surface area contributed by atoms with E-state index in [0.717, 1.165) is 10.9 Å². The number of hydrogen-bond donors (Lipinski definition) is 1. The molecule has 1 aromatic carbocycles. The summed E-state index contributed by atoms with van der Waals surface area (Å²) < 4.78 is 3.29. The molecule has 1 aromatic heterocycles. The summed E-state index contributed by atoms with van der Waals surface area (Å²) in [5.41, 5.74) is 2.47. The Balaban J connectivity index is 1.70. The predicted octanol–water partition coefficient (Wildman–Crippen LogP) is 4.26. The normalized spacial score (nSPS) is 17.2. The number of nitrogens with zero attached hydrogens (tertiary/aromatic N) is 2. The van der Waals surface area contributed by atoms with Crippen molar-refractivity contribution in [2.75, 3.05) is 7.05 Å². The molecule has 1 unspecified atom stereocenters. The van der Waals surface area contributed by atoms with Crippen molar-refractivity contribution in [2.45, 2.75) is 44.2 Å². The van der Waals surface area contributed by atoms with Gasteiger partial charge in [0, 0.05) is 23.1 Å². The number of likely N-dealkylation sites (N-methyl/N-ethyl adjacent to an activating group) is 1. The van der Waals surface area contributed by atoms with Gasteiger partial charge in [-0.05, 0) is 43.7 Å². The number of aromatic nitrogens is 2. The first-order chi connectivity index (χ1) is 10.3. The van der Waals surface area contributed by atoms with Crippen molar-refractivity contribution < 1.29 is 0 Å². The fourth-order valence-corrected chi connectivity index (χ4v) is 3.41. The van der Waals surface area contributed by atoms with Crippen molar-refractivity contribution in [1.82, 2.24) is 15.1 Å². The van der Waals surface area contributed by atoms with Crippen LogP contribution in [0.25, 0.3) is 0 Å². The van der Waals surface area contributed by atoms with Gasteiger partial charge in [-0.2, -0.15) is 5.10 Å². The third-order valence-electron chi connectivity index (χ3n) is 4.40.